The van der Waals surface area contributed by atoms with Crippen molar-refractivity contribution in [2.24, 2.45) is 0 Å². The quantitative estimate of drug-likeness (QED) is 0.210. The SMILES string of the molecule is [C-]#[N+]c1c(N)nc(SCc2ccccc2)c(C#N)c1-c1ccc(O[C@H]2CN(S(=O)(=O)c3ccc(C)cc3)C[C@@H]2O)cc1. The number of nitrogens with two attached hydrogens (primary N) is 1. The van der Waals surface area contributed by atoms with Crippen molar-refractivity contribution in [3.63, 3.8) is 0 Å². The predicted octanol–water partition coefficient (Wildman–Crippen LogP) is 5.17. The number of thioether (sulfide) groups is 1. The number of β-amino-alcohol motifs (C(OH)–C–C–N with tert-alkyl or cyclic N) is 1. The van der Waals surface area contributed by atoms with E-state index >= 15 is 0 Å². The van der Waals surface area contributed by atoms with Crippen LogP contribution >= 0.6 is 11.8 Å². The van der Waals surface area contributed by atoms with Crippen molar-refractivity contribution >= 4 is 33.3 Å². The zero-order chi connectivity index (χ0) is 29.9. The Labute approximate surface area is 249 Å². The van der Waals surface area contributed by atoms with Gasteiger partial charge in [0.1, 0.15) is 34.9 Å². The first kappa shape index (κ1) is 29.1. The first-order valence-corrected chi connectivity index (χ1v) is 15.4. The Morgan fingerprint density at radius 3 is 2.45 bits per heavy atom. The van der Waals surface area contributed by atoms with Crippen LogP contribution in [0.1, 0.15) is 16.7 Å². The normalized spacial score (nSPS) is 17.0. The van der Waals surface area contributed by atoms with E-state index in [9.17, 15) is 18.8 Å². The average Bonchev–Trinajstić information content (AvgIpc) is 3.37. The molecule has 4 aromatic rings. The monoisotopic (exact) mass is 597 g/mol. The van der Waals surface area contributed by atoms with Crippen LogP contribution in [0.4, 0.5) is 11.5 Å². The summed E-state index contributed by atoms with van der Waals surface area (Å²) in [6.45, 7) is 9.47. The second kappa shape index (κ2) is 12.2. The number of rotatable bonds is 8. The molecule has 0 saturated carbocycles. The Balaban J connectivity index is 1.36. The summed E-state index contributed by atoms with van der Waals surface area (Å²) in [5.41, 5.74) is 9.48. The fourth-order valence-corrected chi connectivity index (χ4v) is 7.09. The van der Waals surface area contributed by atoms with Gasteiger partial charge in [0.05, 0.1) is 23.6 Å². The van der Waals surface area contributed by atoms with Gasteiger partial charge in [0, 0.05) is 17.9 Å². The van der Waals surface area contributed by atoms with Crippen LogP contribution in [-0.4, -0.2) is 48.1 Å². The number of aryl methyl sites for hydroxylation is 1. The fraction of sp³-hybridized carbons (Fsp3) is 0.194. The Bertz CT molecular complexity index is 1780. The number of nitrogens with zero attached hydrogens (tertiary/aromatic N) is 4. The standard InChI is InChI=1S/C31H27N5O4S2/c1-20-8-14-24(15-9-20)42(38,39)36-17-26(37)27(18-36)40-23-12-10-22(11-13-23)28-25(16-32)31(35-30(33)29(28)34-2)41-19-21-6-4-3-5-7-21/h3-15,26-27,37H,17-19H2,1H3,(H2,33,35)/t26-,27-/m0/s1. The molecule has 9 nitrogen and oxygen atoms in total. The van der Waals surface area contributed by atoms with Crippen LogP contribution in [-0.2, 0) is 15.8 Å². The lowest BCUT2D eigenvalue weighted by molar-refractivity contribution is 0.0737. The molecule has 1 aliphatic rings. The van der Waals surface area contributed by atoms with Crippen LogP contribution in [0.5, 0.6) is 5.75 Å². The summed E-state index contributed by atoms with van der Waals surface area (Å²) in [5, 5.41) is 21.1. The van der Waals surface area contributed by atoms with Gasteiger partial charge in [0.2, 0.25) is 15.7 Å². The van der Waals surface area contributed by atoms with E-state index in [2.05, 4.69) is 15.9 Å². The minimum atomic E-state index is -3.79. The largest absolute Gasteiger partial charge is 0.486 e. The van der Waals surface area contributed by atoms with Gasteiger partial charge < -0.3 is 15.6 Å². The number of hydrogen-bond acceptors (Lipinski definition) is 8. The van der Waals surface area contributed by atoms with Crippen molar-refractivity contribution in [2.75, 3.05) is 18.8 Å². The van der Waals surface area contributed by atoms with Crippen LogP contribution in [0, 0.1) is 24.8 Å². The molecule has 2 heterocycles. The highest BCUT2D eigenvalue weighted by Gasteiger charge is 2.40. The molecule has 0 amide bonds. The molecule has 0 unspecified atom stereocenters. The molecular formula is C31H27N5O4S2. The van der Waals surface area contributed by atoms with E-state index in [1.165, 1.54) is 16.1 Å². The Hall–Kier alpha value is -4.39. The number of benzene rings is 3. The number of aromatic nitrogens is 1. The van der Waals surface area contributed by atoms with Gasteiger partial charge in [-0.3, -0.25) is 0 Å². The number of hydrogen-bond donors (Lipinski definition) is 2. The third-order valence-electron chi connectivity index (χ3n) is 6.90. The zero-order valence-electron chi connectivity index (χ0n) is 22.6. The first-order valence-electron chi connectivity index (χ1n) is 13.0. The third kappa shape index (κ3) is 5.96. The van der Waals surface area contributed by atoms with Crippen molar-refractivity contribution < 1.29 is 18.3 Å². The molecule has 0 spiro atoms. The number of pyridine rings is 1. The fourth-order valence-electron chi connectivity index (χ4n) is 4.67. The average molecular weight is 598 g/mol. The maximum absolute atomic E-state index is 13.1. The van der Waals surface area contributed by atoms with Crippen molar-refractivity contribution in [1.82, 2.24) is 9.29 Å². The van der Waals surface area contributed by atoms with Gasteiger partial charge >= 0.3 is 0 Å². The van der Waals surface area contributed by atoms with E-state index in [1.54, 1.807) is 48.5 Å². The second-order valence-electron chi connectivity index (χ2n) is 9.78. The van der Waals surface area contributed by atoms with Crippen LogP contribution < -0.4 is 10.5 Å². The number of aliphatic hydroxyl groups is 1. The summed E-state index contributed by atoms with van der Waals surface area (Å²) >= 11 is 1.37. The molecule has 1 fully saturated rings. The summed E-state index contributed by atoms with van der Waals surface area (Å²) in [7, 11) is -3.79. The van der Waals surface area contributed by atoms with Gasteiger partial charge in [-0.05, 0) is 42.3 Å². The molecule has 3 aromatic carbocycles. The van der Waals surface area contributed by atoms with Gasteiger partial charge in [-0.25, -0.2) is 18.2 Å². The van der Waals surface area contributed by atoms with Gasteiger partial charge in [0.25, 0.3) is 0 Å². The van der Waals surface area contributed by atoms with E-state index < -0.39 is 22.2 Å². The number of nitrogen functional groups attached to an aromatic ring is 1. The molecule has 212 valence electrons. The number of nitriles is 1. The van der Waals surface area contributed by atoms with E-state index in [-0.39, 0.29) is 35.1 Å². The van der Waals surface area contributed by atoms with E-state index in [0.29, 0.717) is 27.7 Å². The zero-order valence-corrected chi connectivity index (χ0v) is 24.3. The number of ether oxygens (including phenoxy) is 1. The van der Waals surface area contributed by atoms with Crippen molar-refractivity contribution in [3.05, 3.63) is 107 Å². The lowest BCUT2D eigenvalue weighted by Crippen LogP contribution is -2.31. The number of aliphatic hydroxyl groups excluding tert-OH is 1. The predicted molar refractivity (Wildman–Crippen MR) is 161 cm³/mol. The van der Waals surface area contributed by atoms with Crippen LogP contribution in [0.25, 0.3) is 16.0 Å². The molecule has 5 rings (SSSR count). The first-order chi connectivity index (χ1) is 20.2. The molecule has 0 aliphatic carbocycles. The lowest BCUT2D eigenvalue weighted by atomic mass is 10.00. The molecule has 11 heteroatoms. The molecule has 1 saturated heterocycles. The van der Waals surface area contributed by atoms with Gasteiger partial charge in [-0.2, -0.15) is 9.57 Å². The Morgan fingerprint density at radius 2 is 1.81 bits per heavy atom. The van der Waals surface area contributed by atoms with Crippen LogP contribution in [0.3, 0.4) is 0 Å². The van der Waals surface area contributed by atoms with E-state index in [1.807, 2.05) is 37.3 Å². The minimum absolute atomic E-state index is 0.0114. The number of anilines is 1. The molecule has 0 bridgehead atoms. The van der Waals surface area contributed by atoms with Gasteiger partial charge in [-0.15, -0.1) is 11.8 Å². The third-order valence-corrected chi connectivity index (χ3v) is 9.79. The highest BCUT2D eigenvalue weighted by Crippen LogP contribution is 2.42. The molecule has 1 aliphatic heterocycles. The van der Waals surface area contributed by atoms with Gasteiger partial charge in [0.15, 0.2) is 0 Å². The summed E-state index contributed by atoms with van der Waals surface area (Å²) in [6, 6.07) is 25.2. The number of sulfonamides is 1. The summed E-state index contributed by atoms with van der Waals surface area (Å²) in [4.78, 5) is 8.09. The van der Waals surface area contributed by atoms with Crippen molar-refractivity contribution in [2.45, 2.75) is 34.8 Å². The Kier molecular flexibility index (Phi) is 8.48. The highest BCUT2D eigenvalue weighted by atomic mass is 32.2. The molecular weight excluding hydrogens is 571 g/mol. The van der Waals surface area contributed by atoms with E-state index in [0.717, 1.165) is 11.1 Å². The summed E-state index contributed by atoms with van der Waals surface area (Å²) in [6.07, 6.45) is -1.80. The topological polar surface area (TPSA) is 134 Å². The smallest absolute Gasteiger partial charge is 0.243 e. The van der Waals surface area contributed by atoms with Crippen molar-refractivity contribution in [1.29, 1.82) is 5.26 Å². The molecule has 0 radical (unpaired) electrons. The van der Waals surface area contributed by atoms with Crippen molar-refractivity contribution in [3.8, 4) is 22.9 Å². The molecule has 2 atom stereocenters. The molecule has 42 heavy (non-hydrogen) atoms. The van der Waals surface area contributed by atoms with Gasteiger partial charge in [-0.1, -0.05) is 60.2 Å². The molecule has 1 aromatic heterocycles. The lowest BCUT2D eigenvalue weighted by Gasteiger charge is -2.18. The van der Waals surface area contributed by atoms with Crippen LogP contribution in [0.15, 0.2) is 88.8 Å². The second-order valence-corrected chi connectivity index (χ2v) is 12.7. The van der Waals surface area contributed by atoms with E-state index in [4.69, 9.17) is 17.0 Å². The van der Waals surface area contributed by atoms with Crippen LogP contribution in [0.2, 0.25) is 0 Å². The summed E-state index contributed by atoms with van der Waals surface area (Å²) in [5.74, 6) is 1.02. The Morgan fingerprint density at radius 1 is 1.12 bits per heavy atom. The maximum Gasteiger partial charge on any atom is 0.243 e. The maximum atomic E-state index is 13.1. The minimum Gasteiger partial charge on any atom is -0.486 e. The highest BCUT2D eigenvalue weighted by molar-refractivity contribution is 7.98. The molecule has 3 N–H and O–H groups in total. The summed E-state index contributed by atoms with van der Waals surface area (Å²) < 4.78 is 33.4.